The molecule has 0 aliphatic heterocycles. The van der Waals surface area contributed by atoms with Gasteiger partial charge in [-0.2, -0.15) is 0 Å². The third-order valence-electron chi connectivity index (χ3n) is 4.83. The zero-order chi connectivity index (χ0) is 18.9. The van der Waals surface area contributed by atoms with Gasteiger partial charge in [0.1, 0.15) is 11.5 Å². The lowest BCUT2D eigenvalue weighted by Gasteiger charge is -2.24. The van der Waals surface area contributed by atoms with Crippen molar-refractivity contribution in [2.45, 2.75) is 72.6 Å². The average Bonchev–Trinajstić information content (AvgIpc) is 2.50. The largest absolute Gasteiger partial charge is 0.507 e. The quantitative estimate of drug-likeness (QED) is 0.718. The lowest BCUT2D eigenvalue weighted by atomic mass is 9.82. The average molecular weight is 341 g/mol. The first-order chi connectivity index (χ1) is 11.5. The van der Waals surface area contributed by atoms with Crippen LogP contribution in [-0.4, -0.2) is 10.2 Å². The molecule has 0 aromatic heterocycles. The van der Waals surface area contributed by atoms with Crippen LogP contribution in [-0.2, 0) is 18.3 Å². The molecule has 2 aromatic rings. The molecule has 0 spiro atoms. The van der Waals surface area contributed by atoms with Crippen LogP contribution in [0.2, 0.25) is 0 Å². The van der Waals surface area contributed by atoms with Crippen molar-refractivity contribution in [3.05, 3.63) is 57.6 Å². The summed E-state index contributed by atoms with van der Waals surface area (Å²) in [5, 5.41) is 21.6. The Balaban J connectivity index is 2.58. The summed E-state index contributed by atoms with van der Waals surface area (Å²) in [5.74, 6) is 0.982. The molecule has 2 heteroatoms. The topological polar surface area (TPSA) is 40.5 Å². The van der Waals surface area contributed by atoms with Crippen molar-refractivity contribution in [3.63, 3.8) is 0 Å². The van der Waals surface area contributed by atoms with E-state index in [1.165, 1.54) is 5.56 Å². The summed E-state index contributed by atoms with van der Waals surface area (Å²) in [4.78, 5) is 0. The molecule has 25 heavy (non-hydrogen) atoms. The predicted molar refractivity (Wildman–Crippen MR) is 106 cm³/mol. The molecule has 2 aromatic carbocycles. The lowest BCUT2D eigenvalue weighted by molar-refractivity contribution is 0.439. The smallest absolute Gasteiger partial charge is 0.122 e. The first-order valence-electron chi connectivity index (χ1n) is 9.22. The molecule has 136 valence electrons. The van der Waals surface area contributed by atoms with Gasteiger partial charge in [0.25, 0.3) is 0 Å². The molecular weight excluding hydrogens is 308 g/mol. The molecule has 0 aliphatic carbocycles. The standard InChI is InChI=1S/C23H32O2/c1-8-16-11-18(22(25)20(12-16)23(5,6)7)13-17-9-15(4)10-19(14(2)3)21(17)24/h9-12,14,24-25H,8,13H2,1-7H3. The maximum atomic E-state index is 10.9. The monoisotopic (exact) mass is 340 g/mol. The number of benzene rings is 2. The number of rotatable bonds is 4. The van der Waals surface area contributed by atoms with Gasteiger partial charge < -0.3 is 10.2 Å². The van der Waals surface area contributed by atoms with E-state index in [0.717, 1.165) is 34.2 Å². The summed E-state index contributed by atoms with van der Waals surface area (Å²) >= 11 is 0. The van der Waals surface area contributed by atoms with Crippen molar-refractivity contribution in [3.8, 4) is 11.5 Å². The minimum Gasteiger partial charge on any atom is -0.507 e. The highest BCUT2D eigenvalue weighted by Gasteiger charge is 2.22. The fourth-order valence-electron chi connectivity index (χ4n) is 3.34. The summed E-state index contributed by atoms with van der Waals surface area (Å²) in [5.41, 5.74) is 5.94. The Hall–Kier alpha value is -1.96. The summed E-state index contributed by atoms with van der Waals surface area (Å²) in [6, 6.07) is 8.25. The van der Waals surface area contributed by atoms with Crippen LogP contribution in [0.15, 0.2) is 24.3 Å². The van der Waals surface area contributed by atoms with E-state index in [1.807, 2.05) is 12.1 Å². The van der Waals surface area contributed by atoms with Gasteiger partial charge in [-0.25, -0.2) is 0 Å². The van der Waals surface area contributed by atoms with Gasteiger partial charge >= 0.3 is 0 Å². The Labute approximate surface area is 152 Å². The van der Waals surface area contributed by atoms with Gasteiger partial charge in [-0.3, -0.25) is 0 Å². The number of hydrogen-bond acceptors (Lipinski definition) is 2. The highest BCUT2D eigenvalue weighted by atomic mass is 16.3. The third-order valence-corrected chi connectivity index (χ3v) is 4.83. The highest BCUT2D eigenvalue weighted by molar-refractivity contribution is 5.52. The first-order valence-corrected chi connectivity index (χ1v) is 9.22. The van der Waals surface area contributed by atoms with Crippen LogP contribution in [0.25, 0.3) is 0 Å². The minimum atomic E-state index is -0.123. The van der Waals surface area contributed by atoms with Crippen LogP contribution in [0.1, 0.15) is 80.8 Å². The van der Waals surface area contributed by atoms with E-state index in [9.17, 15) is 10.2 Å². The number of phenols is 2. The molecule has 0 amide bonds. The highest BCUT2D eigenvalue weighted by Crippen LogP contribution is 2.38. The first kappa shape index (κ1) is 19.4. The zero-order valence-corrected chi connectivity index (χ0v) is 16.7. The van der Waals surface area contributed by atoms with Crippen LogP contribution in [0.4, 0.5) is 0 Å². The Morgan fingerprint density at radius 2 is 1.52 bits per heavy atom. The fraction of sp³-hybridized carbons (Fsp3) is 0.478. The second kappa shape index (κ2) is 7.11. The van der Waals surface area contributed by atoms with Crippen molar-refractivity contribution in [1.29, 1.82) is 0 Å². The Morgan fingerprint density at radius 3 is 2.04 bits per heavy atom. The molecule has 0 radical (unpaired) electrons. The fourth-order valence-corrected chi connectivity index (χ4v) is 3.34. The summed E-state index contributed by atoms with van der Waals surface area (Å²) in [6.45, 7) is 14.7. The van der Waals surface area contributed by atoms with Gasteiger partial charge in [0.15, 0.2) is 0 Å². The van der Waals surface area contributed by atoms with Gasteiger partial charge in [0, 0.05) is 6.42 Å². The zero-order valence-electron chi connectivity index (χ0n) is 16.7. The maximum Gasteiger partial charge on any atom is 0.122 e. The van der Waals surface area contributed by atoms with Crippen LogP contribution in [0.3, 0.4) is 0 Å². The molecule has 0 atom stereocenters. The van der Waals surface area contributed by atoms with Crippen LogP contribution < -0.4 is 0 Å². The van der Waals surface area contributed by atoms with Crippen molar-refractivity contribution < 1.29 is 10.2 Å². The number of aromatic hydroxyl groups is 2. The molecule has 2 rings (SSSR count). The van der Waals surface area contributed by atoms with Gasteiger partial charge in [-0.15, -0.1) is 0 Å². The summed E-state index contributed by atoms with van der Waals surface area (Å²) in [6.07, 6.45) is 1.46. The minimum absolute atomic E-state index is 0.123. The van der Waals surface area contributed by atoms with Crippen molar-refractivity contribution in [1.82, 2.24) is 0 Å². The SMILES string of the molecule is CCc1cc(Cc2cc(C)cc(C(C)C)c2O)c(O)c(C(C)(C)C)c1. The van der Waals surface area contributed by atoms with Crippen molar-refractivity contribution >= 4 is 0 Å². The molecule has 0 unspecified atom stereocenters. The van der Waals surface area contributed by atoms with Gasteiger partial charge in [-0.05, 0) is 52.5 Å². The van der Waals surface area contributed by atoms with E-state index in [2.05, 4.69) is 60.6 Å². The van der Waals surface area contributed by atoms with E-state index in [0.29, 0.717) is 17.9 Å². The Bertz CT molecular complexity index is 765. The Kier molecular flexibility index (Phi) is 5.51. The Morgan fingerprint density at radius 1 is 0.920 bits per heavy atom. The molecule has 0 heterocycles. The second-order valence-electron chi connectivity index (χ2n) is 8.45. The van der Waals surface area contributed by atoms with Crippen LogP contribution >= 0.6 is 0 Å². The van der Waals surface area contributed by atoms with Gasteiger partial charge in [0.2, 0.25) is 0 Å². The molecule has 0 saturated carbocycles. The second-order valence-corrected chi connectivity index (χ2v) is 8.45. The van der Waals surface area contributed by atoms with E-state index in [-0.39, 0.29) is 11.3 Å². The third kappa shape index (κ3) is 4.18. The van der Waals surface area contributed by atoms with E-state index in [4.69, 9.17) is 0 Å². The predicted octanol–water partition coefficient (Wildman–Crippen LogP) is 5.98. The van der Waals surface area contributed by atoms with Crippen LogP contribution in [0, 0.1) is 6.92 Å². The number of aryl methyl sites for hydroxylation is 2. The normalized spacial score (nSPS) is 12.0. The van der Waals surface area contributed by atoms with E-state index in [1.54, 1.807) is 0 Å². The van der Waals surface area contributed by atoms with Crippen LogP contribution in [0.5, 0.6) is 11.5 Å². The van der Waals surface area contributed by atoms with Crippen molar-refractivity contribution in [2.24, 2.45) is 0 Å². The van der Waals surface area contributed by atoms with Gasteiger partial charge in [0.05, 0.1) is 0 Å². The molecular formula is C23H32O2. The lowest BCUT2D eigenvalue weighted by Crippen LogP contribution is -2.13. The van der Waals surface area contributed by atoms with E-state index < -0.39 is 0 Å². The number of phenolic OH excluding ortho intramolecular Hbond substituents is 2. The molecule has 0 saturated heterocycles. The van der Waals surface area contributed by atoms with Crippen molar-refractivity contribution in [2.75, 3.05) is 0 Å². The number of hydrogen-bond donors (Lipinski definition) is 2. The maximum absolute atomic E-state index is 10.9. The molecule has 2 nitrogen and oxygen atoms in total. The summed E-state index contributed by atoms with van der Waals surface area (Å²) < 4.78 is 0. The summed E-state index contributed by atoms with van der Waals surface area (Å²) in [7, 11) is 0. The molecule has 0 bridgehead atoms. The molecule has 0 fully saturated rings. The molecule has 2 N–H and O–H groups in total. The molecule has 0 aliphatic rings. The van der Waals surface area contributed by atoms with E-state index >= 15 is 0 Å². The van der Waals surface area contributed by atoms with Gasteiger partial charge in [-0.1, -0.05) is 71.4 Å².